The second kappa shape index (κ2) is 47.3. The van der Waals surface area contributed by atoms with Crippen molar-refractivity contribution in [3.05, 3.63) is 12.2 Å². The number of ether oxygens (including phenoxy) is 10. The van der Waals surface area contributed by atoms with Crippen LogP contribution in [-0.2, 0) is 47.4 Å². The second-order valence-corrected chi connectivity index (χ2v) is 11.8. The first kappa shape index (κ1) is 48.3. The monoisotopic (exact) mass is 709 g/mol. The van der Waals surface area contributed by atoms with E-state index < -0.39 is 0 Å². The Kier molecular flexibility index (Phi) is 46.6. The van der Waals surface area contributed by atoms with E-state index in [-0.39, 0.29) is 6.61 Å². The van der Waals surface area contributed by atoms with Gasteiger partial charge in [-0.2, -0.15) is 0 Å². The standard InChI is InChI=1S/C38H76O11/c1-2-3-4-5-6-7-8-9-10-11-12-13-14-15-16-17-19-40-21-23-42-25-27-44-29-31-46-33-35-48-37-38-49-36-34-47-32-30-45-28-26-43-24-22-41-20-18-39/h9-10,39H,2-8,11-38H2,1H3/b10-9+. The van der Waals surface area contributed by atoms with Crippen molar-refractivity contribution in [2.24, 2.45) is 0 Å². The summed E-state index contributed by atoms with van der Waals surface area (Å²) in [6.07, 6.45) is 23.3. The van der Waals surface area contributed by atoms with Crippen molar-refractivity contribution in [2.75, 3.05) is 139 Å². The van der Waals surface area contributed by atoms with Gasteiger partial charge in [-0.25, -0.2) is 0 Å². The van der Waals surface area contributed by atoms with Crippen molar-refractivity contribution in [3.8, 4) is 0 Å². The summed E-state index contributed by atoms with van der Waals surface area (Å²) in [5.41, 5.74) is 0. The molecule has 0 fully saturated rings. The molecule has 0 rings (SSSR count). The molecule has 0 aliphatic carbocycles. The minimum absolute atomic E-state index is 0.0297. The van der Waals surface area contributed by atoms with Crippen LogP contribution in [0.5, 0.6) is 0 Å². The zero-order valence-electron chi connectivity index (χ0n) is 31.4. The average molecular weight is 709 g/mol. The molecular formula is C38H76O11. The SMILES string of the molecule is CCCCCCCC/C=C/CCCCCCCCOCCOCCOCCOCCOCCOCCOCCOCCOCCOCCO. The Balaban J connectivity index is 3.06. The van der Waals surface area contributed by atoms with E-state index in [9.17, 15) is 0 Å². The molecule has 11 nitrogen and oxygen atoms in total. The van der Waals surface area contributed by atoms with Crippen LogP contribution in [0, 0.1) is 0 Å². The molecule has 1 N–H and O–H groups in total. The number of aliphatic hydroxyl groups is 1. The van der Waals surface area contributed by atoms with Gasteiger partial charge in [-0.05, 0) is 32.1 Å². The zero-order chi connectivity index (χ0) is 35.2. The fraction of sp³-hybridized carbons (Fsp3) is 0.947. The van der Waals surface area contributed by atoms with Crippen molar-refractivity contribution >= 4 is 0 Å². The number of aliphatic hydroxyl groups excluding tert-OH is 1. The maximum absolute atomic E-state index is 8.59. The van der Waals surface area contributed by atoms with Crippen LogP contribution in [0.4, 0.5) is 0 Å². The number of hydrogen-bond acceptors (Lipinski definition) is 11. The number of hydrogen-bond donors (Lipinski definition) is 1. The van der Waals surface area contributed by atoms with Crippen LogP contribution in [0.1, 0.15) is 96.8 Å². The van der Waals surface area contributed by atoms with Crippen LogP contribution in [0.3, 0.4) is 0 Å². The lowest BCUT2D eigenvalue weighted by atomic mass is 10.1. The first-order chi connectivity index (χ1) is 24.4. The first-order valence-electron chi connectivity index (χ1n) is 19.4. The quantitative estimate of drug-likeness (QED) is 0.0578. The fourth-order valence-corrected chi connectivity index (χ4v) is 4.60. The Morgan fingerprint density at radius 1 is 0.286 bits per heavy atom. The van der Waals surface area contributed by atoms with Gasteiger partial charge in [-0.3, -0.25) is 0 Å². The Hall–Kier alpha value is -0.700. The summed E-state index contributed by atoms with van der Waals surface area (Å²) in [5.74, 6) is 0. The molecule has 0 aromatic heterocycles. The molecule has 0 bridgehead atoms. The molecule has 0 heterocycles. The summed E-state index contributed by atoms with van der Waals surface area (Å²) in [6.45, 7) is 13.1. The van der Waals surface area contributed by atoms with E-state index >= 15 is 0 Å². The Bertz CT molecular complexity index is 598. The van der Waals surface area contributed by atoms with Gasteiger partial charge in [0, 0.05) is 6.61 Å². The number of allylic oxidation sites excluding steroid dienone is 2. The second-order valence-electron chi connectivity index (χ2n) is 11.8. The van der Waals surface area contributed by atoms with Gasteiger partial charge in [0.05, 0.1) is 132 Å². The average Bonchev–Trinajstić information content (AvgIpc) is 3.11. The van der Waals surface area contributed by atoms with Gasteiger partial charge in [0.1, 0.15) is 0 Å². The molecule has 0 aromatic carbocycles. The van der Waals surface area contributed by atoms with Crippen LogP contribution in [0.15, 0.2) is 12.2 Å². The van der Waals surface area contributed by atoms with Gasteiger partial charge in [-0.15, -0.1) is 0 Å². The molecular weight excluding hydrogens is 632 g/mol. The summed E-state index contributed by atoms with van der Waals surface area (Å²) in [4.78, 5) is 0. The number of unbranched alkanes of at least 4 members (excludes halogenated alkanes) is 12. The third-order valence-electron chi connectivity index (χ3n) is 7.38. The first-order valence-corrected chi connectivity index (χ1v) is 19.4. The largest absolute Gasteiger partial charge is 0.394 e. The van der Waals surface area contributed by atoms with E-state index in [2.05, 4.69) is 19.1 Å². The van der Waals surface area contributed by atoms with Crippen molar-refractivity contribution in [3.63, 3.8) is 0 Å². The third-order valence-corrected chi connectivity index (χ3v) is 7.38. The maximum atomic E-state index is 8.59. The van der Waals surface area contributed by atoms with Gasteiger partial charge >= 0.3 is 0 Å². The lowest BCUT2D eigenvalue weighted by Crippen LogP contribution is -2.15. The summed E-state index contributed by atoms with van der Waals surface area (Å²) in [6, 6.07) is 0. The molecule has 11 heteroatoms. The van der Waals surface area contributed by atoms with Crippen molar-refractivity contribution in [1.29, 1.82) is 0 Å². The smallest absolute Gasteiger partial charge is 0.0701 e. The van der Waals surface area contributed by atoms with E-state index in [0.29, 0.717) is 126 Å². The third kappa shape index (κ3) is 47.3. The maximum Gasteiger partial charge on any atom is 0.0701 e. The minimum atomic E-state index is 0.0297. The fourth-order valence-electron chi connectivity index (χ4n) is 4.60. The highest BCUT2D eigenvalue weighted by atomic mass is 16.6. The summed E-state index contributed by atoms with van der Waals surface area (Å²) >= 11 is 0. The summed E-state index contributed by atoms with van der Waals surface area (Å²) < 4.78 is 54.5. The molecule has 294 valence electrons. The topological polar surface area (TPSA) is 113 Å². The van der Waals surface area contributed by atoms with Crippen LogP contribution in [-0.4, -0.2) is 144 Å². The molecule has 0 aliphatic heterocycles. The van der Waals surface area contributed by atoms with Crippen LogP contribution in [0.2, 0.25) is 0 Å². The van der Waals surface area contributed by atoms with Crippen molar-refractivity contribution in [1.82, 2.24) is 0 Å². The van der Waals surface area contributed by atoms with E-state index in [1.807, 2.05) is 0 Å². The van der Waals surface area contributed by atoms with E-state index in [4.69, 9.17) is 52.5 Å². The van der Waals surface area contributed by atoms with Crippen molar-refractivity contribution < 1.29 is 52.5 Å². The highest BCUT2D eigenvalue weighted by Crippen LogP contribution is 2.10. The van der Waals surface area contributed by atoms with E-state index in [0.717, 1.165) is 13.0 Å². The van der Waals surface area contributed by atoms with E-state index in [1.165, 1.54) is 83.5 Å². The molecule has 0 spiro atoms. The van der Waals surface area contributed by atoms with Crippen LogP contribution < -0.4 is 0 Å². The molecule has 0 aliphatic rings. The molecule has 0 saturated carbocycles. The summed E-state index contributed by atoms with van der Waals surface area (Å²) in [7, 11) is 0. The van der Waals surface area contributed by atoms with Crippen LogP contribution in [0.25, 0.3) is 0 Å². The van der Waals surface area contributed by atoms with Crippen LogP contribution >= 0.6 is 0 Å². The van der Waals surface area contributed by atoms with Gasteiger partial charge in [0.15, 0.2) is 0 Å². The summed E-state index contributed by atoms with van der Waals surface area (Å²) in [5, 5.41) is 8.59. The molecule has 0 unspecified atom stereocenters. The lowest BCUT2D eigenvalue weighted by Gasteiger charge is -2.09. The van der Waals surface area contributed by atoms with E-state index in [1.54, 1.807) is 0 Å². The van der Waals surface area contributed by atoms with Gasteiger partial charge in [0.25, 0.3) is 0 Å². The lowest BCUT2D eigenvalue weighted by molar-refractivity contribution is -0.0268. The number of rotatable bonds is 45. The van der Waals surface area contributed by atoms with Gasteiger partial charge < -0.3 is 52.5 Å². The Morgan fingerprint density at radius 2 is 0.531 bits per heavy atom. The molecule has 49 heavy (non-hydrogen) atoms. The predicted molar refractivity (Wildman–Crippen MR) is 195 cm³/mol. The zero-order valence-corrected chi connectivity index (χ0v) is 31.4. The Labute approximate surface area is 299 Å². The highest BCUT2D eigenvalue weighted by molar-refractivity contribution is 4.81. The van der Waals surface area contributed by atoms with Gasteiger partial charge in [0.2, 0.25) is 0 Å². The normalized spacial score (nSPS) is 11.8. The molecule has 0 aromatic rings. The predicted octanol–water partition coefficient (Wildman–Crippen LogP) is 6.18. The Morgan fingerprint density at radius 3 is 0.837 bits per heavy atom. The van der Waals surface area contributed by atoms with Gasteiger partial charge in [-0.1, -0.05) is 76.9 Å². The molecule has 0 saturated heterocycles. The van der Waals surface area contributed by atoms with Crippen molar-refractivity contribution in [2.45, 2.75) is 96.8 Å². The molecule has 0 amide bonds. The highest BCUT2D eigenvalue weighted by Gasteiger charge is 1.97. The molecule has 0 radical (unpaired) electrons. The molecule has 0 atom stereocenters. The minimum Gasteiger partial charge on any atom is -0.394 e.